The summed E-state index contributed by atoms with van der Waals surface area (Å²) < 4.78 is 38.8. The van der Waals surface area contributed by atoms with E-state index in [0.29, 0.717) is 16.5 Å². The van der Waals surface area contributed by atoms with Crippen LogP contribution in [0.5, 0.6) is 0 Å². The molecular formula is C18H16FNO2S. The van der Waals surface area contributed by atoms with Crippen LogP contribution in [0.1, 0.15) is 12.5 Å². The van der Waals surface area contributed by atoms with E-state index in [2.05, 4.69) is 0 Å². The Bertz CT molecular complexity index is 997. The summed E-state index contributed by atoms with van der Waals surface area (Å²) in [6, 6.07) is 15.1. The smallest absolute Gasteiger partial charge is 0.225 e. The molecule has 23 heavy (non-hydrogen) atoms. The van der Waals surface area contributed by atoms with E-state index in [1.54, 1.807) is 30.3 Å². The fourth-order valence-corrected chi connectivity index (χ4v) is 3.75. The number of hydrogen-bond donors (Lipinski definition) is 1. The van der Waals surface area contributed by atoms with Crippen LogP contribution in [0, 0.1) is 5.82 Å². The molecule has 0 aliphatic carbocycles. The van der Waals surface area contributed by atoms with Crippen molar-refractivity contribution in [2.45, 2.75) is 18.2 Å². The highest BCUT2D eigenvalue weighted by atomic mass is 32.2. The molecule has 0 amide bonds. The van der Waals surface area contributed by atoms with Crippen molar-refractivity contribution in [1.29, 1.82) is 0 Å². The van der Waals surface area contributed by atoms with Gasteiger partial charge >= 0.3 is 0 Å². The number of hydrogen-bond acceptors (Lipinski definition) is 2. The van der Waals surface area contributed by atoms with Gasteiger partial charge in [-0.3, -0.25) is 0 Å². The van der Waals surface area contributed by atoms with E-state index >= 15 is 0 Å². The molecule has 0 spiro atoms. The Hall–Kier alpha value is -2.24. The number of nitrogens with two attached hydrogens (primary N) is 1. The van der Waals surface area contributed by atoms with Gasteiger partial charge in [-0.15, -0.1) is 0 Å². The first kappa shape index (κ1) is 15.6. The first-order valence-corrected chi connectivity index (χ1v) is 8.80. The van der Waals surface area contributed by atoms with Gasteiger partial charge < -0.3 is 0 Å². The zero-order valence-electron chi connectivity index (χ0n) is 12.6. The van der Waals surface area contributed by atoms with Gasteiger partial charge in [0.15, 0.2) is 0 Å². The topological polar surface area (TPSA) is 60.2 Å². The monoisotopic (exact) mass is 329 g/mol. The fraction of sp³-hybridized carbons (Fsp3) is 0.111. The normalized spacial score (nSPS) is 11.8. The average Bonchev–Trinajstić information content (AvgIpc) is 2.53. The highest BCUT2D eigenvalue weighted by Crippen LogP contribution is 2.35. The maximum Gasteiger partial charge on any atom is 0.239 e. The standard InChI is InChI=1S/C18H16FNO2S/c1-2-12-6-5-7-13(10-12)16-11-17(19)14-8-3-4-9-15(14)18(16)23(20,21)22/h3-11H,2H2,1H3,(H2,20,21,22). The van der Waals surface area contributed by atoms with E-state index in [1.807, 2.05) is 25.1 Å². The molecule has 0 aliphatic heterocycles. The summed E-state index contributed by atoms with van der Waals surface area (Å²) >= 11 is 0. The summed E-state index contributed by atoms with van der Waals surface area (Å²) in [5.41, 5.74) is 1.97. The first-order chi connectivity index (χ1) is 10.9. The van der Waals surface area contributed by atoms with Crippen LogP contribution >= 0.6 is 0 Å². The second-order valence-electron chi connectivity index (χ2n) is 5.38. The average molecular weight is 329 g/mol. The van der Waals surface area contributed by atoms with Gasteiger partial charge in [0.25, 0.3) is 0 Å². The molecule has 0 aliphatic rings. The molecule has 3 aromatic carbocycles. The second kappa shape index (κ2) is 5.76. The molecule has 3 nitrogen and oxygen atoms in total. The highest BCUT2D eigenvalue weighted by Gasteiger charge is 2.21. The predicted molar refractivity (Wildman–Crippen MR) is 90.1 cm³/mol. The van der Waals surface area contributed by atoms with Crippen molar-refractivity contribution in [2.75, 3.05) is 0 Å². The third-order valence-electron chi connectivity index (χ3n) is 3.88. The Labute approximate surface area is 134 Å². The molecule has 3 aromatic rings. The maximum atomic E-state index is 14.4. The molecule has 0 atom stereocenters. The third-order valence-corrected chi connectivity index (χ3v) is 4.88. The summed E-state index contributed by atoms with van der Waals surface area (Å²) in [6.07, 6.45) is 0.800. The number of primary sulfonamides is 1. The number of aryl methyl sites for hydroxylation is 1. The number of halogens is 1. The second-order valence-corrected chi connectivity index (χ2v) is 6.88. The zero-order chi connectivity index (χ0) is 16.6. The lowest BCUT2D eigenvalue weighted by molar-refractivity contribution is 0.598. The van der Waals surface area contributed by atoms with Gasteiger partial charge in [-0.25, -0.2) is 17.9 Å². The Morgan fingerprint density at radius 2 is 1.70 bits per heavy atom. The van der Waals surface area contributed by atoms with E-state index in [1.165, 1.54) is 6.07 Å². The molecule has 5 heteroatoms. The van der Waals surface area contributed by atoms with Crippen molar-refractivity contribution in [3.8, 4) is 11.1 Å². The largest absolute Gasteiger partial charge is 0.239 e. The summed E-state index contributed by atoms with van der Waals surface area (Å²) in [5.74, 6) is -0.468. The first-order valence-electron chi connectivity index (χ1n) is 7.25. The van der Waals surface area contributed by atoms with Crippen LogP contribution in [0.2, 0.25) is 0 Å². The summed E-state index contributed by atoms with van der Waals surface area (Å²) in [6.45, 7) is 2.00. The van der Waals surface area contributed by atoms with E-state index < -0.39 is 15.8 Å². The fourth-order valence-electron chi connectivity index (χ4n) is 2.78. The summed E-state index contributed by atoms with van der Waals surface area (Å²) in [4.78, 5) is -0.0391. The number of benzene rings is 3. The van der Waals surface area contributed by atoms with E-state index in [-0.39, 0.29) is 10.3 Å². The van der Waals surface area contributed by atoms with Crippen molar-refractivity contribution in [2.24, 2.45) is 5.14 Å². The minimum atomic E-state index is -4.01. The SMILES string of the molecule is CCc1cccc(-c2cc(F)c3ccccc3c2S(N)(=O)=O)c1. The maximum absolute atomic E-state index is 14.4. The third kappa shape index (κ3) is 2.85. The van der Waals surface area contributed by atoms with Crippen molar-refractivity contribution >= 4 is 20.8 Å². The lowest BCUT2D eigenvalue weighted by atomic mass is 9.98. The Morgan fingerprint density at radius 3 is 2.35 bits per heavy atom. The molecule has 0 unspecified atom stereocenters. The highest BCUT2D eigenvalue weighted by molar-refractivity contribution is 7.89. The van der Waals surface area contributed by atoms with Gasteiger partial charge in [0.2, 0.25) is 10.0 Å². The summed E-state index contributed by atoms with van der Waals surface area (Å²) in [5, 5.41) is 5.97. The van der Waals surface area contributed by atoms with Crippen LogP contribution in [0.4, 0.5) is 4.39 Å². The molecule has 0 heterocycles. The number of fused-ring (bicyclic) bond motifs is 1. The van der Waals surface area contributed by atoms with Crippen molar-refractivity contribution in [3.63, 3.8) is 0 Å². The Balaban J connectivity index is 2.45. The van der Waals surface area contributed by atoms with Crippen LogP contribution < -0.4 is 5.14 Å². The van der Waals surface area contributed by atoms with Crippen LogP contribution in [0.25, 0.3) is 21.9 Å². The molecule has 0 radical (unpaired) electrons. The predicted octanol–water partition coefficient (Wildman–Crippen LogP) is 3.86. The number of sulfonamides is 1. The minimum Gasteiger partial charge on any atom is -0.225 e. The lowest BCUT2D eigenvalue weighted by Crippen LogP contribution is -2.14. The Morgan fingerprint density at radius 1 is 1.00 bits per heavy atom. The van der Waals surface area contributed by atoms with Crippen LogP contribution in [0.15, 0.2) is 59.5 Å². The zero-order valence-corrected chi connectivity index (χ0v) is 13.4. The molecule has 0 bridgehead atoms. The van der Waals surface area contributed by atoms with Crippen molar-refractivity contribution < 1.29 is 12.8 Å². The molecule has 2 N–H and O–H groups in total. The lowest BCUT2D eigenvalue weighted by Gasteiger charge is -2.13. The van der Waals surface area contributed by atoms with Gasteiger partial charge in [0, 0.05) is 16.3 Å². The van der Waals surface area contributed by atoms with Gasteiger partial charge in [-0.05, 0) is 23.6 Å². The van der Waals surface area contributed by atoms with Gasteiger partial charge in [-0.2, -0.15) is 0 Å². The Kier molecular flexibility index (Phi) is 3.92. The number of rotatable bonds is 3. The molecular weight excluding hydrogens is 313 g/mol. The molecule has 0 saturated heterocycles. The minimum absolute atomic E-state index is 0.0391. The van der Waals surface area contributed by atoms with Gasteiger partial charge in [-0.1, -0.05) is 55.5 Å². The van der Waals surface area contributed by atoms with E-state index in [4.69, 9.17) is 5.14 Å². The van der Waals surface area contributed by atoms with Crippen LogP contribution in [-0.2, 0) is 16.4 Å². The molecule has 118 valence electrons. The van der Waals surface area contributed by atoms with Crippen molar-refractivity contribution in [3.05, 3.63) is 66.0 Å². The van der Waals surface area contributed by atoms with Crippen molar-refractivity contribution in [1.82, 2.24) is 0 Å². The van der Waals surface area contributed by atoms with Gasteiger partial charge in [0.1, 0.15) is 5.82 Å². The summed E-state index contributed by atoms with van der Waals surface area (Å²) in [7, 11) is -4.01. The molecule has 3 rings (SSSR count). The molecule has 0 aromatic heterocycles. The van der Waals surface area contributed by atoms with Gasteiger partial charge in [0.05, 0.1) is 4.90 Å². The van der Waals surface area contributed by atoms with E-state index in [9.17, 15) is 12.8 Å². The molecule has 0 fully saturated rings. The van der Waals surface area contributed by atoms with E-state index in [0.717, 1.165) is 12.0 Å². The van der Waals surface area contributed by atoms with Crippen LogP contribution in [0.3, 0.4) is 0 Å². The van der Waals surface area contributed by atoms with Crippen LogP contribution in [-0.4, -0.2) is 8.42 Å². The quantitative estimate of drug-likeness (QED) is 0.793. The molecule has 0 saturated carbocycles.